The van der Waals surface area contributed by atoms with Crippen molar-refractivity contribution in [2.24, 2.45) is 5.92 Å². The van der Waals surface area contributed by atoms with E-state index in [1.807, 2.05) is 18.2 Å². The zero-order valence-electron chi connectivity index (χ0n) is 11.3. The number of benzene rings is 1. The molecule has 1 fully saturated rings. The molecule has 1 aliphatic carbocycles. The van der Waals surface area contributed by atoms with Gasteiger partial charge in [-0.2, -0.15) is 0 Å². The summed E-state index contributed by atoms with van der Waals surface area (Å²) in [6.45, 7) is 2.29. The summed E-state index contributed by atoms with van der Waals surface area (Å²) in [5.74, 6) is 0.780. The highest BCUT2D eigenvalue weighted by Crippen LogP contribution is 2.35. The highest BCUT2D eigenvalue weighted by atomic mass is 35.5. The van der Waals surface area contributed by atoms with Gasteiger partial charge in [0, 0.05) is 18.1 Å². The van der Waals surface area contributed by atoms with Crippen molar-refractivity contribution in [3.8, 4) is 0 Å². The normalized spacial score (nSPS) is 23.9. The van der Waals surface area contributed by atoms with E-state index in [4.69, 9.17) is 17.3 Å². The molecular weight excluding hydrogens is 244 g/mol. The quantitative estimate of drug-likeness (QED) is 0.826. The third-order valence-electron chi connectivity index (χ3n) is 4.26. The number of nitrogens with zero attached hydrogens (tertiary/aromatic N) is 1. The minimum Gasteiger partial charge on any atom is -0.397 e. The molecule has 2 atom stereocenters. The van der Waals surface area contributed by atoms with Crippen molar-refractivity contribution in [2.75, 3.05) is 17.7 Å². The van der Waals surface area contributed by atoms with Crippen molar-refractivity contribution < 1.29 is 0 Å². The molecule has 100 valence electrons. The number of hydrogen-bond acceptors (Lipinski definition) is 2. The fourth-order valence-corrected chi connectivity index (χ4v) is 3.34. The van der Waals surface area contributed by atoms with E-state index in [0.717, 1.165) is 22.3 Å². The first kappa shape index (κ1) is 13.5. The highest BCUT2D eigenvalue weighted by molar-refractivity contribution is 6.31. The molecule has 18 heavy (non-hydrogen) atoms. The summed E-state index contributed by atoms with van der Waals surface area (Å²) in [7, 11) is 2.15. The third-order valence-corrected chi connectivity index (χ3v) is 4.50. The molecule has 2 unspecified atom stereocenters. The Balaban J connectivity index is 2.23. The van der Waals surface area contributed by atoms with E-state index >= 15 is 0 Å². The smallest absolute Gasteiger partial charge is 0.0614 e. The zero-order valence-corrected chi connectivity index (χ0v) is 12.1. The SMILES string of the molecule is CCC1CCCCC1N(C)c1cc(Cl)ccc1N. The third kappa shape index (κ3) is 2.74. The molecule has 0 heterocycles. The maximum Gasteiger partial charge on any atom is 0.0614 e. The van der Waals surface area contributed by atoms with Crippen molar-refractivity contribution >= 4 is 23.0 Å². The van der Waals surface area contributed by atoms with Gasteiger partial charge in [0.2, 0.25) is 0 Å². The lowest BCUT2D eigenvalue weighted by atomic mass is 9.82. The number of anilines is 2. The van der Waals surface area contributed by atoms with Gasteiger partial charge in [0.05, 0.1) is 11.4 Å². The van der Waals surface area contributed by atoms with Gasteiger partial charge in [-0.15, -0.1) is 0 Å². The lowest BCUT2D eigenvalue weighted by Gasteiger charge is -2.39. The predicted molar refractivity (Wildman–Crippen MR) is 80.3 cm³/mol. The largest absolute Gasteiger partial charge is 0.397 e. The number of nitrogen functional groups attached to an aromatic ring is 1. The monoisotopic (exact) mass is 266 g/mol. The maximum atomic E-state index is 6.09. The second-order valence-corrected chi connectivity index (χ2v) is 5.77. The fraction of sp³-hybridized carbons (Fsp3) is 0.600. The summed E-state index contributed by atoms with van der Waals surface area (Å²) in [4.78, 5) is 2.34. The summed E-state index contributed by atoms with van der Waals surface area (Å²) in [6, 6.07) is 6.34. The van der Waals surface area contributed by atoms with Crippen LogP contribution in [0.1, 0.15) is 39.0 Å². The predicted octanol–water partition coefficient (Wildman–Crippen LogP) is 4.33. The number of rotatable bonds is 3. The Bertz CT molecular complexity index is 405. The highest BCUT2D eigenvalue weighted by Gasteiger charge is 2.27. The summed E-state index contributed by atoms with van der Waals surface area (Å²) >= 11 is 6.09. The van der Waals surface area contributed by atoms with Gasteiger partial charge in [-0.1, -0.05) is 37.8 Å². The molecule has 1 aromatic rings. The minimum atomic E-state index is 0.601. The van der Waals surface area contributed by atoms with Gasteiger partial charge < -0.3 is 10.6 Å². The van der Waals surface area contributed by atoms with Gasteiger partial charge in [0.25, 0.3) is 0 Å². The molecular formula is C15H23ClN2. The van der Waals surface area contributed by atoms with E-state index in [9.17, 15) is 0 Å². The van der Waals surface area contributed by atoms with Crippen LogP contribution >= 0.6 is 11.6 Å². The first-order chi connectivity index (χ1) is 8.63. The topological polar surface area (TPSA) is 29.3 Å². The van der Waals surface area contributed by atoms with Crippen LogP contribution in [-0.4, -0.2) is 13.1 Å². The molecule has 1 aliphatic rings. The van der Waals surface area contributed by atoms with E-state index in [2.05, 4.69) is 18.9 Å². The Morgan fingerprint density at radius 3 is 2.78 bits per heavy atom. The van der Waals surface area contributed by atoms with Gasteiger partial charge in [-0.05, 0) is 37.0 Å². The van der Waals surface area contributed by atoms with Gasteiger partial charge >= 0.3 is 0 Å². The van der Waals surface area contributed by atoms with Crippen molar-refractivity contribution in [3.63, 3.8) is 0 Å². The molecule has 2 nitrogen and oxygen atoms in total. The summed E-state index contributed by atoms with van der Waals surface area (Å²) in [5.41, 5.74) is 7.98. The van der Waals surface area contributed by atoms with Crippen LogP contribution in [0, 0.1) is 5.92 Å². The first-order valence-electron chi connectivity index (χ1n) is 6.91. The molecule has 0 saturated heterocycles. The molecule has 2 N–H and O–H groups in total. The van der Waals surface area contributed by atoms with Crippen LogP contribution in [0.5, 0.6) is 0 Å². The van der Waals surface area contributed by atoms with Gasteiger partial charge in [-0.25, -0.2) is 0 Å². The van der Waals surface area contributed by atoms with Gasteiger partial charge in [-0.3, -0.25) is 0 Å². The minimum absolute atomic E-state index is 0.601. The molecule has 1 saturated carbocycles. The average molecular weight is 267 g/mol. The van der Waals surface area contributed by atoms with Crippen molar-refractivity contribution in [3.05, 3.63) is 23.2 Å². The van der Waals surface area contributed by atoms with Crippen LogP contribution in [0.2, 0.25) is 5.02 Å². The van der Waals surface area contributed by atoms with Gasteiger partial charge in [0.15, 0.2) is 0 Å². The second-order valence-electron chi connectivity index (χ2n) is 5.33. The van der Waals surface area contributed by atoms with Crippen LogP contribution in [-0.2, 0) is 0 Å². The van der Waals surface area contributed by atoms with E-state index in [1.54, 1.807) is 0 Å². The van der Waals surface area contributed by atoms with Crippen LogP contribution in [0.3, 0.4) is 0 Å². The van der Waals surface area contributed by atoms with Crippen LogP contribution in [0.15, 0.2) is 18.2 Å². The van der Waals surface area contributed by atoms with Crippen LogP contribution < -0.4 is 10.6 Å². The summed E-state index contributed by atoms with van der Waals surface area (Å²) in [6.07, 6.45) is 6.54. The lowest BCUT2D eigenvalue weighted by molar-refractivity contribution is 0.292. The van der Waals surface area contributed by atoms with Crippen molar-refractivity contribution in [2.45, 2.75) is 45.1 Å². The molecule has 0 aliphatic heterocycles. The number of nitrogens with two attached hydrogens (primary N) is 1. The van der Waals surface area contributed by atoms with E-state index in [-0.39, 0.29) is 0 Å². The van der Waals surface area contributed by atoms with Crippen molar-refractivity contribution in [1.29, 1.82) is 0 Å². The average Bonchev–Trinajstić information content (AvgIpc) is 2.40. The van der Waals surface area contributed by atoms with E-state index in [1.165, 1.54) is 32.1 Å². The Kier molecular flexibility index (Phi) is 4.39. The van der Waals surface area contributed by atoms with E-state index in [0.29, 0.717) is 6.04 Å². The van der Waals surface area contributed by atoms with Crippen LogP contribution in [0.25, 0.3) is 0 Å². The maximum absolute atomic E-state index is 6.09. The molecule has 0 spiro atoms. The number of hydrogen-bond donors (Lipinski definition) is 1. The molecule has 3 heteroatoms. The Morgan fingerprint density at radius 1 is 1.33 bits per heavy atom. The zero-order chi connectivity index (χ0) is 13.1. The van der Waals surface area contributed by atoms with Crippen molar-refractivity contribution in [1.82, 2.24) is 0 Å². The fourth-order valence-electron chi connectivity index (χ4n) is 3.18. The lowest BCUT2D eigenvalue weighted by Crippen LogP contribution is -2.40. The molecule has 0 radical (unpaired) electrons. The van der Waals surface area contributed by atoms with Gasteiger partial charge in [0.1, 0.15) is 0 Å². The molecule has 0 bridgehead atoms. The first-order valence-corrected chi connectivity index (χ1v) is 7.29. The summed E-state index contributed by atoms with van der Waals surface area (Å²) in [5, 5.41) is 0.759. The number of halogens is 1. The Hall–Kier alpha value is -0.890. The molecule has 0 amide bonds. The standard InChI is InChI=1S/C15H23ClN2/c1-3-11-6-4-5-7-14(11)18(2)15-10-12(16)8-9-13(15)17/h8-11,14H,3-7,17H2,1-2H3. The molecule has 2 rings (SSSR count). The Labute approximate surface area is 115 Å². The van der Waals surface area contributed by atoms with Crippen LogP contribution in [0.4, 0.5) is 11.4 Å². The molecule has 1 aromatic carbocycles. The second kappa shape index (κ2) is 5.83. The summed E-state index contributed by atoms with van der Waals surface area (Å²) < 4.78 is 0. The Morgan fingerprint density at radius 2 is 2.06 bits per heavy atom. The van der Waals surface area contributed by atoms with E-state index < -0.39 is 0 Å². The molecule has 0 aromatic heterocycles.